The van der Waals surface area contributed by atoms with Crippen molar-refractivity contribution in [1.82, 2.24) is 14.7 Å². The first-order valence-electron chi connectivity index (χ1n) is 8.11. The molecule has 1 aromatic carbocycles. The van der Waals surface area contributed by atoms with E-state index in [4.69, 9.17) is 0 Å². The summed E-state index contributed by atoms with van der Waals surface area (Å²) in [6.45, 7) is 4.27. The molecular weight excluding hydrogens is 325 g/mol. The highest BCUT2D eigenvalue weighted by molar-refractivity contribution is 6.00. The summed E-state index contributed by atoms with van der Waals surface area (Å²) in [6.07, 6.45) is 3.30. The first kappa shape index (κ1) is 17.1. The molecule has 1 amide bonds. The van der Waals surface area contributed by atoms with Gasteiger partial charge in [0.05, 0.1) is 12.2 Å². The van der Waals surface area contributed by atoms with Crippen molar-refractivity contribution in [3.05, 3.63) is 53.1 Å². The number of amides is 1. The minimum absolute atomic E-state index is 0.119. The zero-order valence-electron chi connectivity index (χ0n) is 14.3. The minimum atomic E-state index is -1.05. The molecule has 6 nitrogen and oxygen atoms in total. The topological polar surface area (TPSA) is 75.4 Å². The average Bonchev–Trinajstić information content (AvgIpc) is 2.95. The predicted molar refractivity (Wildman–Crippen MR) is 88.6 cm³/mol. The fourth-order valence-corrected chi connectivity index (χ4v) is 3.44. The lowest BCUT2D eigenvalue weighted by atomic mass is 9.80. The van der Waals surface area contributed by atoms with Gasteiger partial charge in [-0.3, -0.25) is 14.3 Å². The van der Waals surface area contributed by atoms with Crippen molar-refractivity contribution in [1.29, 1.82) is 0 Å². The number of benzene rings is 1. The van der Waals surface area contributed by atoms with Crippen molar-refractivity contribution in [3.63, 3.8) is 0 Å². The van der Waals surface area contributed by atoms with Crippen LogP contribution in [-0.4, -0.2) is 38.2 Å². The molecule has 1 aliphatic heterocycles. The van der Waals surface area contributed by atoms with Crippen molar-refractivity contribution in [2.24, 2.45) is 13.0 Å². The molecule has 0 spiro atoms. The van der Waals surface area contributed by atoms with Crippen molar-refractivity contribution in [3.8, 4) is 0 Å². The highest BCUT2D eigenvalue weighted by atomic mass is 19.1. The number of carbonyl (C=O) groups excluding carboxylic acids is 1. The Bertz CT molecular complexity index is 831. The summed E-state index contributed by atoms with van der Waals surface area (Å²) < 4.78 is 15.3. The number of aliphatic carboxylic acids is 1. The average molecular weight is 345 g/mol. The van der Waals surface area contributed by atoms with Gasteiger partial charge < -0.3 is 10.0 Å². The van der Waals surface area contributed by atoms with Crippen LogP contribution in [0, 0.1) is 11.7 Å². The van der Waals surface area contributed by atoms with Gasteiger partial charge >= 0.3 is 5.97 Å². The second-order valence-corrected chi connectivity index (χ2v) is 6.79. The largest absolute Gasteiger partial charge is 0.481 e. The van der Waals surface area contributed by atoms with E-state index in [0.29, 0.717) is 17.7 Å². The Morgan fingerprint density at radius 3 is 2.68 bits per heavy atom. The van der Waals surface area contributed by atoms with E-state index < -0.39 is 23.7 Å². The third-order valence-corrected chi connectivity index (χ3v) is 4.39. The molecule has 0 saturated carbocycles. The van der Waals surface area contributed by atoms with Gasteiger partial charge in [0.2, 0.25) is 0 Å². The number of aryl methyl sites for hydroxylation is 1. The molecule has 2 unspecified atom stereocenters. The van der Waals surface area contributed by atoms with Crippen LogP contribution < -0.4 is 0 Å². The van der Waals surface area contributed by atoms with Crippen LogP contribution in [0.2, 0.25) is 0 Å². The number of hydrogen-bond donors (Lipinski definition) is 1. The highest BCUT2D eigenvalue weighted by Gasteiger charge is 2.45. The van der Waals surface area contributed by atoms with E-state index >= 15 is 0 Å². The van der Waals surface area contributed by atoms with E-state index in [-0.39, 0.29) is 17.4 Å². The van der Waals surface area contributed by atoms with Gasteiger partial charge in [-0.25, -0.2) is 4.39 Å². The summed E-state index contributed by atoms with van der Waals surface area (Å²) >= 11 is 0. The van der Waals surface area contributed by atoms with Crippen LogP contribution in [0.5, 0.6) is 0 Å². The number of halogens is 1. The van der Waals surface area contributed by atoms with E-state index in [1.807, 2.05) is 13.8 Å². The Hall–Kier alpha value is -2.70. The lowest BCUT2D eigenvalue weighted by Crippen LogP contribution is -2.46. The van der Waals surface area contributed by atoms with Gasteiger partial charge in [-0.15, -0.1) is 0 Å². The first-order chi connectivity index (χ1) is 11.8. The first-order valence-corrected chi connectivity index (χ1v) is 8.11. The fraction of sp³-hybridized carbons (Fsp3) is 0.389. The maximum absolute atomic E-state index is 13.7. The number of nitrogens with zero attached hydrogens (tertiary/aromatic N) is 3. The molecule has 3 rings (SSSR count). The molecule has 1 N–H and O–H groups in total. The number of aromatic nitrogens is 2. The minimum Gasteiger partial charge on any atom is -0.481 e. The molecule has 0 aliphatic carbocycles. The predicted octanol–water partition coefficient (Wildman–Crippen LogP) is 2.58. The molecule has 1 aliphatic rings. The third-order valence-electron chi connectivity index (χ3n) is 4.39. The van der Waals surface area contributed by atoms with Crippen LogP contribution in [0.4, 0.5) is 4.39 Å². The molecule has 0 fully saturated rings. The van der Waals surface area contributed by atoms with Crippen LogP contribution in [0.15, 0.2) is 30.6 Å². The molecule has 1 aromatic heterocycles. The second-order valence-electron chi connectivity index (χ2n) is 6.79. The van der Waals surface area contributed by atoms with Gasteiger partial charge in [-0.05, 0) is 23.6 Å². The quantitative estimate of drug-likeness (QED) is 0.924. The van der Waals surface area contributed by atoms with E-state index in [0.717, 1.165) is 6.07 Å². The fourth-order valence-electron chi connectivity index (χ4n) is 3.44. The standard InChI is InChI=1S/C18H20FN3O3/c1-10(2)8-22-16(11-7-20-21(3)9-11)15(18(24)25)13-5-4-12(19)6-14(13)17(22)23/h4-7,9-10,15-16H,8H2,1-3H3,(H,24,25). The summed E-state index contributed by atoms with van der Waals surface area (Å²) in [5.41, 5.74) is 1.11. The lowest BCUT2D eigenvalue weighted by Gasteiger charge is -2.41. The Labute approximate surface area is 144 Å². The number of carbonyl (C=O) groups is 2. The molecule has 2 heterocycles. The number of carboxylic acid groups (broad SMARTS) is 1. The van der Waals surface area contributed by atoms with E-state index in [1.165, 1.54) is 17.0 Å². The molecule has 0 radical (unpaired) electrons. The Balaban J connectivity index is 2.22. The Morgan fingerprint density at radius 1 is 1.40 bits per heavy atom. The maximum Gasteiger partial charge on any atom is 0.313 e. The Kier molecular flexibility index (Phi) is 4.32. The zero-order valence-corrected chi connectivity index (χ0v) is 14.3. The molecular formula is C18H20FN3O3. The van der Waals surface area contributed by atoms with Gasteiger partial charge in [0.15, 0.2) is 0 Å². The van der Waals surface area contributed by atoms with Crippen molar-refractivity contribution in [2.45, 2.75) is 25.8 Å². The van der Waals surface area contributed by atoms with Gasteiger partial charge in [0.1, 0.15) is 11.7 Å². The van der Waals surface area contributed by atoms with Gasteiger partial charge in [0.25, 0.3) is 5.91 Å². The Morgan fingerprint density at radius 2 is 2.12 bits per heavy atom. The van der Waals surface area contributed by atoms with Crippen LogP contribution in [-0.2, 0) is 11.8 Å². The van der Waals surface area contributed by atoms with Crippen molar-refractivity contribution < 1.29 is 19.1 Å². The number of rotatable bonds is 4. The van der Waals surface area contributed by atoms with Crippen molar-refractivity contribution in [2.75, 3.05) is 6.54 Å². The summed E-state index contributed by atoms with van der Waals surface area (Å²) in [5, 5.41) is 14.0. The van der Waals surface area contributed by atoms with E-state index in [2.05, 4.69) is 5.10 Å². The highest BCUT2D eigenvalue weighted by Crippen LogP contribution is 2.43. The van der Waals surface area contributed by atoms with Gasteiger partial charge in [-0.1, -0.05) is 19.9 Å². The maximum atomic E-state index is 13.7. The monoisotopic (exact) mass is 345 g/mol. The summed E-state index contributed by atoms with van der Waals surface area (Å²) in [7, 11) is 1.74. The zero-order chi connectivity index (χ0) is 18.3. The van der Waals surface area contributed by atoms with Gasteiger partial charge in [-0.2, -0.15) is 5.10 Å². The van der Waals surface area contributed by atoms with E-state index in [9.17, 15) is 19.1 Å². The number of carboxylic acids is 1. The summed E-state index contributed by atoms with van der Waals surface area (Å²) in [5.74, 6) is -2.80. The molecule has 2 aromatic rings. The normalized spacial score (nSPS) is 20.0. The van der Waals surface area contributed by atoms with Crippen LogP contribution in [0.25, 0.3) is 0 Å². The molecule has 0 saturated heterocycles. The molecule has 2 atom stereocenters. The molecule has 7 heteroatoms. The molecule has 0 bridgehead atoms. The summed E-state index contributed by atoms with van der Waals surface area (Å²) in [6, 6.07) is 3.04. The number of fused-ring (bicyclic) bond motifs is 1. The smallest absolute Gasteiger partial charge is 0.313 e. The molecule has 25 heavy (non-hydrogen) atoms. The molecule has 132 valence electrons. The summed E-state index contributed by atoms with van der Waals surface area (Å²) in [4.78, 5) is 26.6. The number of hydrogen-bond acceptors (Lipinski definition) is 3. The van der Waals surface area contributed by atoms with Crippen LogP contribution in [0.3, 0.4) is 0 Å². The second kappa shape index (κ2) is 6.31. The van der Waals surface area contributed by atoms with Crippen LogP contribution >= 0.6 is 0 Å². The van der Waals surface area contributed by atoms with Crippen LogP contribution in [0.1, 0.15) is 47.3 Å². The van der Waals surface area contributed by atoms with Gasteiger partial charge in [0, 0.05) is 30.9 Å². The lowest BCUT2D eigenvalue weighted by molar-refractivity contribution is -0.140. The van der Waals surface area contributed by atoms with E-state index in [1.54, 1.807) is 24.1 Å². The van der Waals surface area contributed by atoms with Crippen molar-refractivity contribution >= 4 is 11.9 Å². The third kappa shape index (κ3) is 3.01. The SMILES string of the molecule is CC(C)CN1C(=O)c2cc(F)ccc2C(C(=O)O)C1c1cnn(C)c1.